The summed E-state index contributed by atoms with van der Waals surface area (Å²) in [6.45, 7) is 9.06. The van der Waals surface area contributed by atoms with E-state index < -0.39 is 46.5 Å². The Kier molecular flexibility index (Phi) is 11.0. The zero-order valence-corrected chi connectivity index (χ0v) is 24.7. The molecule has 3 N–H and O–H groups in total. The van der Waals surface area contributed by atoms with Crippen LogP contribution in [0.4, 0.5) is 43.7 Å². The molecule has 3 rings (SSSR count). The number of nitrogens with zero attached hydrogens (tertiary/aromatic N) is 4. The first-order valence-electron chi connectivity index (χ1n) is 12.5. The van der Waals surface area contributed by atoms with Crippen molar-refractivity contribution in [1.82, 2.24) is 25.3 Å². The first-order chi connectivity index (χ1) is 20.4. The van der Waals surface area contributed by atoms with Crippen LogP contribution in [0.1, 0.15) is 42.5 Å². The van der Waals surface area contributed by atoms with Crippen molar-refractivity contribution >= 4 is 52.5 Å². The zero-order valence-electron chi connectivity index (χ0n) is 23.1. The molecule has 44 heavy (non-hydrogen) atoms. The highest BCUT2D eigenvalue weighted by Crippen LogP contribution is 2.36. The molecule has 1 unspecified atom stereocenters. The number of halogens is 7. The number of aromatic nitrogens is 4. The first kappa shape index (κ1) is 34.3. The Bertz CT molecular complexity index is 1560. The Hall–Kier alpha value is -4.18. The monoisotopic (exact) mass is 659 g/mol. The Morgan fingerprint density at radius 2 is 1.66 bits per heavy atom. The topological polar surface area (TPSA) is 122 Å². The summed E-state index contributed by atoms with van der Waals surface area (Å²) in [5, 5.41) is 7.10. The van der Waals surface area contributed by atoms with Gasteiger partial charge in [0.25, 0.3) is 11.8 Å². The van der Waals surface area contributed by atoms with Crippen LogP contribution in [0.15, 0.2) is 65.5 Å². The highest BCUT2D eigenvalue weighted by Gasteiger charge is 2.34. The van der Waals surface area contributed by atoms with Gasteiger partial charge in [-0.3, -0.25) is 9.59 Å². The molecule has 0 aliphatic heterocycles. The predicted octanol–water partition coefficient (Wildman–Crippen LogP) is 7.25. The molecule has 0 saturated heterocycles. The SMILES string of the molecule is C=C(S/C(=C\C(C)C)C(=O)Nc1cc(C(F)(F)F)c(Cl)cn1)C(C)NC(=O)c1cc(Nc2ccc(C(F)(F)F)nc2)ncn1. The van der Waals surface area contributed by atoms with Crippen molar-refractivity contribution in [2.24, 2.45) is 5.92 Å². The second-order valence-corrected chi connectivity index (χ2v) is 11.0. The van der Waals surface area contributed by atoms with E-state index in [2.05, 4.69) is 42.5 Å². The molecule has 0 aliphatic carbocycles. The summed E-state index contributed by atoms with van der Waals surface area (Å²) < 4.78 is 77.9. The third kappa shape index (κ3) is 9.67. The van der Waals surface area contributed by atoms with Crippen LogP contribution in [0.5, 0.6) is 0 Å². The summed E-state index contributed by atoms with van der Waals surface area (Å²) in [5.41, 5.74) is -2.13. The predicted molar refractivity (Wildman–Crippen MR) is 154 cm³/mol. The molecule has 3 heterocycles. The van der Waals surface area contributed by atoms with E-state index in [9.17, 15) is 35.9 Å². The third-order valence-electron chi connectivity index (χ3n) is 5.41. The molecule has 0 spiro atoms. The van der Waals surface area contributed by atoms with Crippen molar-refractivity contribution in [2.45, 2.75) is 39.2 Å². The summed E-state index contributed by atoms with van der Waals surface area (Å²) in [5.74, 6) is -1.81. The van der Waals surface area contributed by atoms with Gasteiger partial charge in [0.1, 0.15) is 29.4 Å². The van der Waals surface area contributed by atoms with Gasteiger partial charge in [0.15, 0.2) is 0 Å². The quantitative estimate of drug-likeness (QED) is 0.154. The van der Waals surface area contributed by atoms with Gasteiger partial charge in [-0.1, -0.05) is 49.9 Å². The van der Waals surface area contributed by atoms with Gasteiger partial charge in [0.05, 0.1) is 33.4 Å². The second-order valence-electron chi connectivity index (χ2n) is 9.38. The number of anilines is 3. The van der Waals surface area contributed by atoms with Crippen molar-refractivity contribution in [2.75, 3.05) is 10.6 Å². The number of allylic oxidation sites excluding steroid dienone is 1. The van der Waals surface area contributed by atoms with Crippen LogP contribution in [-0.2, 0) is 17.1 Å². The lowest BCUT2D eigenvalue weighted by Gasteiger charge is -2.18. The van der Waals surface area contributed by atoms with Crippen LogP contribution in [0, 0.1) is 5.92 Å². The van der Waals surface area contributed by atoms with E-state index >= 15 is 0 Å². The number of amides is 2. The molecular formula is C27H24ClF6N7O2S. The summed E-state index contributed by atoms with van der Waals surface area (Å²) in [6, 6.07) is 3.09. The summed E-state index contributed by atoms with van der Waals surface area (Å²) >= 11 is 6.50. The average molecular weight is 660 g/mol. The van der Waals surface area contributed by atoms with Gasteiger partial charge in [-0.2, -0.15) is 26.3 Å². The Labute approximate surface area is 256 Å². The number of thioether (sulfide) groups is 1. The number of pyridine rings is 2. The van der Waals surface area contributed by atoms with Gasteiger partial charge >= 0.3 is 12.4 Å². The fourth-order valence-corrected chi connectivity index (χ4v) is 4.49. The molecule has 17 heteroatoms. The maximum Gasteiger partial charge on any atom is 0.433 e. The standard InChI is InChI=1S/C27H24ClF6N7O2S/c1-13(2)7-20(25(43)41-22-8-17(26(29,30)31)18(28)11-36-22)44-15(4)14(3)39-24(42)19-9-23(38-12-37-19)40-16-5-6-21(35-10-16)27(32,33)34/h5-14H,4H2,1-3H3,(H,39,42)(H,36,41,43)(H,37,38,40)/b20-7-. The van der Waals surface area contributed by atoms with Gasteiger partial charge < -0.3 is 16.0 Å². The average Bonchev–Trinajstić information content (AvgIpc) is 2.92. The number of alkyl halides is 6. The lowest BCUT2D eigenvalue weighted by Crippen LogP contribution is -2.34. The van der Waals surface area contributed by atoms with Gasteiger partial charge in [-0.05, 0) is 31.0 Å². The minimum absolute atomic E-state index is 0.0861. The van der Waals surface area contributed by atoms with Crippen LogP contribution in [0.2, 0.25) is 5.02 Å². The van der Waals surface area contributed by atoms with E-state index in [1.165, 1.54) is 6.07 Å². The van der Waals surface area contributed by atoms with Crippen LogP contribution in [-0.4, -0.2) is 37.8 Å². The fraction of sp³-hybridized carbons (Fsp3) is 0.259. The number of hydrogen-bond donors (Lipinski definition) is 3. The number of hydrogen-bond acceptors (Lipinski definition) is 8. The lowest BCUT2D eigenvalue weighted by molar-refractivity contribution is -0.141. The molecule has 3 aromatic heterocycles. The van der Waals surface area contributed by atoms with Crippen molar-refractivity contribution < 1.29 is 35.9 Å². The van der Waals surface area contributed by atoms with Crippen molar-refractivity contribution in [3.05, 3.63) is 87.4 Å². The Morgan fingerprint density at radius 1 is 0.955 bits per heavy atom. The number of carbonyl (C=O) groups is 2. The normalized spacial score (nSPS) is 12.9. The summed E-state index contributed by atoms with van der Waals surface area (Å²) in [7, 11) is 0. The van der Waals surface area contributed by atoms with Gasteiger partial charge in [0.2, 0.25) is 0 Å². The lowest BCUT2D eigenvalue weighted by atomic mass is 10.2. The van der Waals surface area contributed by atoms with Gasteiger partial charge in [-0.25, -0.2) is 19.9 Å². The number of nitrogens with one attached hydrogen (secondary N) is 3. The van der Waals surface area contributed by atoms with E-state index in [1.54, 1.807) is 26.8 Å². The van der Waals surface area contributed by atoms with Crippen LogP contribution < -0.4 is 16.0 Å². The van der Waals surface area contributed by atoms with Crippen LogP contribution in [0.25, 0.3) is 0 Å². The number of carbonyl (C=O) groups excluding carboxylic acids is 2. The van der Waals surface area contributed by atoms with Crippen LogP contribution in [0.3, 0.4) is 0 Å². The largest absolute Gasteiger partial charge is 0.433 e. The van der Waals surface area contributed by atoms with E-state index in [4.69, 9.17) is 11.6 Å². The zero-order chi connectivity index (χ0) is 32.8. The minimum Gasteiger partial charge on any atom is -0.344 e. The van der Waals surface area contributed by atoms with E-state index in [1.807, 2.05) is 0 Å². The third-order valence-corrected chi connectivity index (χ3v) is 6.87. The molecule has 0 fully saturated rings. The summed E-state index contributed by atoms with van der Waals surface area (Å²) in [4.78, 5) is 41.2. The maximum atomic E-state index is 13.2. The number of rotatable bonds is 10. The molecule has 0 aromatic carbocycles. The molecule has 0 saturated carbocycles. The minimum atomic E-state index is -4.76. The van der Waals surface area contributed by atoms with Crippen molar-refractivity contribution in [3.8, 4) is 0 Å². The van der Waals surface area contributed by atoms with Gasteiger partial charge in [0, 0.05) is 17.2 Å². The van der Waals surface area contributed by atoms with E-state index in [0.717, 1.165) is 42.6 Å². The molecule has 3 aromatic rings. The van der Waals surface area contributed by atoms with Crippen LogP contribution >= 0.6 is 23.4 Å². The molecule has 1 atom stereocenters. The molecule has 2 amide bonds. The van der Waals surface area contributed by atoms with Crippen molar-refractivity contribution in [1.29, 1.82) is 0 Å². The van der Waals surface area contributed by atoms with Crippen molar-refractivity contribution in [3.63, 3.8) is 0 Å². The molecular weight excluding hydrogens is 636 g/mol. The van der Waals surface area contributed by atoms with E-state index in [0.29, 0.717) is 11.0 Å². The Balaban J connectivity index is 1.67. The highest BCUT2D eigenvalue weighted by molar-refractivity contribution is 8.07. The first-order valence-corrected chi connectivity index (χ1v) is 13.7. The Morgan fingerprint density at radius 3 is 2.25 bits per heavy atom. The molecule has 0 radical (unpaired) electrons. The smallest absolute Gasteiger partial charge is 0.344 e. The maximum absolute atomic E-state index is 13.2. The molecule has 234 valence electrons. The second kappa shape index (κ2) is 14.1. The van der Waals surface area contributed by atoms with E-state index in [-0.39, 0.29) is 33.8 Å². The molecule has 0 aliphatic rings. The van der Waals surface area contributed by atoms with Gasteiger partial charge in [-0.15, -0.1) is 0 Å². The highest BCUT2D eigenvalue weighted by atomic mass is 35.5. The molecule has 0 bridgehead atoms. The fourth-order valence-electron chi connectivity index (χ4n) is 3.27. The summed E-state index contributed by atoms with van der Waals surface area (Å²) in [6.07, 6.45) is -4.96. The molecule has 9 nitrogen and oxygen atoms in total.